The summed E-state index contributed by atoms with van der Waals surface area (Å²) in [5, 5.41) is 10.7. The number of nitrogens with zero attached hydrogens (tertiary/aromatic N) is 2. The van der Waals surface area contributed by atoms with E-state index in [2.05, 4.69) is 15.5 Å². The average Bonchev–Trinajstić information content (AvgIpc) is 2.71. The van der Waals surface area contributed by atoms with E-state index in [-0.39, 0.29) is 5.82 Å². The second kappa shape index (κ2) is 4.40. The SMILES string of the molecule is CNCc1nnc(-c2ccc(F)c(C)c2)o1. The molecule has 0 atom stereocenters. The Morgan fingerprint density at radius 3 is 2.88 bits per heavy atom. The normalized spacial score (nSPS) is 10.7. The zero-order valence-corrected chi connectivity index (χ0v) is 9.12. The Balaban J connectivity index is 2.31. The Labute approximate surface area is 92.5 Å². The molecule has 4 nitrogen and oxygen atoms in total. The van der Waals surface area contributed by atoms with Crippen LogP contribution < -0.4 is 5.32 Å². The predicted molar refractivity (Wildman–Crippen MR) is 57.2 cm³/mol. The Morgan fingerprint density at radius 1 is 1.38 bits per heavy atom. The van der Waals surface area contributed by atoms with E-state index >= 15 is 0 Å². The van der Waals surface area contributed by atoms with Gasteiger partial charge >= 0.3 is 0 Å². The molecule has 0 fully saturated rings. The van der Waals surface area contributed by atoms with Crippen molar-refractivity contribution in [3.05, 3.63) is 35.5 Å². The molecule has 0 bridgehead atoms. The number of hydrogen-bond acceptors (Lipinski definition) is 4. The fraction of sp³-hybridized carbons (Fsp3) is 0.273. The third kappa shape index (κ3) is 2.09. The van der Waals surface area contributed by atoms with Crippen LogP contribution in [0.4, 0.5) is 4.39 Å². The van der Waals surface area contributed by atoms with Crippen molar-refractivity contribution in [1.29, 1.82) is 0 Å². The number of benzene rings is 1. The van der Waals surface area contributed by atoms with Crippen molar-refractivity contribution in [2.45, 2.75) is 13.5 Å². The molecule has 2 rings (SSSR count). The first-order valence-electron chi connectivity index (χ1n) is 4.94. The van der Waals surface area contributed by atoms with Crippen LogP contribution in [0.25, 0.3) is 11.5 Å². The molecule has 0 aliphatic rings. The molecule has 0 aliphatic carbocycles. The number of halogens is 1. The van der Waals surface area contributed by atoms with Crippen LogP contribution in [0.2, 0.25) is 0 Å². The van der Waals surface area contributed by atoms with Crippen LogP contribution in [0.1, 0.15) is 11.5 Å². The summed E-state index contributed by atoms with van der Waals surface area (Å²) >= 11 is 0. The van der Waals surface area contributed by atoms with Crippen molar-refractivity contribution >= 4 is 0 Å². The fourth-order valence-electron chi connectivity index (χ4n) is 1.37. The third-order valence-corrected chi connectivity index (χ3v) is 2.20. The van der Waals surface area contributed by atoms with Gasteiger partial charge in [0.2, 0.25) is 11.8 Å². The highest BCUT2D eigenvalue weighted by atomic mass is 19.1. The summed E-state index contributed by atoms with van der Waals surface area (Å²) in [5.74, 6) is 0.687. The van der Waals surface area contributed by atoms with Gasteiger partial charge in [0.05, 0.1) is 6.54 Å². The minimum atomic E-state index is -0.237. The molecule has 0 radical (unpaired) electrons. The van der Waals surface area contributed by atoms with Gasteiger partial charge < -0.3 is 9.73 Å². The summed E-state index contributed by atoms with van der Waals surface area (Å²) in [6, 6.07) is 4.71. The summed E-state index contributed by atoms with van der Waals surface area (Å²) in [4.78, 5) is 0. The van der Waals surface area contributed by atoms with Crippen molar-refractivity contribution < 1.29 is 8.81 Å². The molecule has 0 saturated heterocycles. The lowest BCUT2D eigenvalue weighted by Gasteiger charge is -1.98. The Morgan fingerprint density at radius 2 is 2.19 bits per heavy atom. The number of hydrogen-bond donors (Lipinski definition) is 1. The van der Waals surface area contributed by atoms with Crippen LogP contribution in [-0.4, -0.2) is 17.2 Å². The van der Waals surface area contributed by atoms with Gasteiger partial charge in [-0.25, -0.2) is 4.39 Å². The topological polar surface area (TPSA) is 51.0 Å². The fourth-order valence-corrected chi connectivity index (χ4v) is 1.37. The van der Waals surface area contributed by atoms with E-state index in [1.54, 1.807) is 26.1 Å². The highest BCUT2D eigenvalue weighted by Crippen LogP contribution is 2.20. The molecular formula is C11H12FN3O. The third-order valence-electron chi connectivity index (χ3n) is 2.20. The zero-order valence-electron chi connectivity index (χ0n) is 9.12. The second-order valence-electron chi connectivity index (χ2n) is 3.50. The van der Waals surface area contributed by atoms with Crippen LogP contribution in [0.3, 0.4) is 0 Å². The molecule has 84 valence electrons. The molecule has 0 unspecified atom stereocenters. The molecule has 16 heavy (non-hydrogen) atoms. The second-order valence-corrected chi connectivity index (χ2v) is 3.50. The van der Waals surface area contributed by atoms with Gasteiger partial charge in [-0.05, 0) is 37.7 Å². The van der Waals surface area contributed by atoms with Gasteiger partial charge in [0, 0.05) is 5.56 Å². The molecule has 0 amide bonds. The molecule has 1 aromatic carbocycles. The van der Waals surface area contributed by atoms with E-state index in [0.717, 1.165) is 5.56 Å². The Bertz CT molecular complexity index is 496. The average molecular weight is 221 g/mol. The van der Waals surface area contributed by atoms with E-state index in [4.69, 9.17) is 4.42 Å². The van der Waals surface area contributed by atoms with Gasteiger partial charge in [-0.1, -0.05) is 0 Å². The van der Waals surface area contributed by atoms with E-state index < -0.39 is 0 Å². The summed E-state index contributed by atoms with van der Waals surface area (Å²) in [7, 11) is 1.80. The number of nitrogens with one attached hydrogen (secondary N) is 1. The number of aromatic nitrogens is 2. The maximum atomic E-state index is 13.1. The van der Waals surface area contributed by atoms with Gasteiger partial charge in [0.15, 0.2) is 0 Å². The van der Waals surface area contributed by atoms with Crippen molar-refractivity contribution in [1.82, 2.24) is 15.5 Å². The zero-order chi connectivity index (χ0) is 11.5. The molecule has 1 aromatic heterocycles. The van der Waals surface area contributed by atoms with Crippen molar-refractivity contribution in [2.75, 3.05) is 7.05 Å². The summed E-state index contributed by atoms with van der Waals surface area (Å²) < 4.78 is 18.5. The minimum absolute atomic E-state index is 0.237. The molecule has 0 saturated carbocycles. The largest absolute Gasteiger partial charge is 0.419 e. The summed E-state index contributed by atoms with van der Waals surface area (Å²) in [6.07, 6.45) is 0. The van der Waals surface area contributed by atoms with Crippen LogP contribution in [0.5, 0.6) is 0 Å². The van der Waals surface area contributed by atoms with Gasteiger partial charge in [-0.2, -0.15) is 0 Å². The van der Waals surface area contributed by atoms with Crippen LogP contribution in [0.15, 0.2) is 22.6 Å². The Hall–Kier alpha value is -1.75. The van der Waals surface area contributed by atoms with Gasteiger partial charge in [-0.3, -0.25) is 0 Å². The monoisotopic (exact) mass is 221 g/mol. The lowest BCUT2D eigenvalue weighted by molar-refractivity contribution is 0.490. The molecule has 5 heteroatoms. The van der Waals surface area contributed by atoms with Crippen LogP contribution >= 0.6 is 0 Å². The van der Waals surface area contributed by atoms with E-state index in [0.29, 0.717) is 23.9 Å². The molecule has 0 aliphatic heterocycles. The molecular weight excluding hydrogens is 209 g/mol. The van der Waals surface area contributed by atoms with E-state index in [1.807, 2.05) is 0 Å². The van der Waals surface area contributed by atoms with Gasteiger partial charge in [0.1, 0.15) is 5.82 Å². The lowest BCUT2D eigenvalue weighted by atomic mass is 10.1. The highest BCUT2D eigenvalue weighted by molar-refractivity contribution is 5.53. The summed E-state index contributed by atoms with van der Waals surface area (Å²) in [5.41, 5.74) is 1.29. The van der Waals surface area contributed by atoms with Gasteiger partial charge in [0.25, 0.3) is 0 Å². The Kier molecular flexibility index (Phi) is 2.96. The standard InChI is InChI=1S/C11H12FN3O/c1-7-5-8(3-4-9(7)12)11-15-14-10(16-11)6-13-2/h3-5,13H,6H2,1-2H3. The number of rotatable bonds is 3. The molecule has 0 spiro atoms. The molecule has 1 N–H and O–H groups in total. The first-order chi connectivity index (χ1) is 7.70. The first-order valence-corrected chi connectivity index (χ1v) is 4.94. The first kappa shape index (κ1) is 10.8. The predicted octanol–water partition coefficient (Wildman–Crippen LogP) is 1.90. The number of aryl methyl sites for hydroxylation is 1. The van der Waals surface area contributed by atoms with Crippen LogP contribution in [-0.2, 0) is 6.54 Å². The maximum Gasteiger partial charge on any atom is 0.247 e. The molecule has 1 heterocycles. The maximum absolute atomic E-state index is 13.1. The van der Waals surface area contributed by atoms with E-state index in [1.165, 1.54) is 6.07 Å². The minimum Gasteiger partial charge on any atom is -0.419 e. The van der Waals surface area contributed by atoms with Crippen molar-refractivity contribution in [3.8, 4) is 11.5 Å². The van der Waals surface area contributed by atoms with Gasteiger partial charge in [-0.15, -0.1) is 10.2 Å². The highest BCUT2D eigenvalue weighted by Gasteiger charge is 2.09. The lowest BCUT2D eigenvalue weighted by Crippen LogP contribution is -2.04. The van der Waals surface area contributed by atoms with Crippen molar-refractivity contribution in [2.24, 2.45) is 0 Å². The quantitative estimate of drug-likeness (QED) is 0.860. The smallest absolute Gasteiger partial charge is 0.247 e. The molecule has 2 aromatic rings. The van der Waals surface area contributed by atoms with Crippen molar-refractivity contribution in [3.63, 3.8) is 0 Å². The summed E-state index contributed by atoms with van der Waals surface area (Å²) in [6.45, 7) is 2.22. The van der Waals surface area contributed by atoms with E-state index in [9.17, 15) is 4.39 Å². The van der Waals surface area contributed by atoms with Crippen LogP contribution in [0, 0.1) is 12.7 Å².